The van der Waals surface area contributed by atoms with Crippen molar-refractivity contribution in [3.05, 3.63) is 22.2 Å². The third-order valence-corrected chi connectivity index (χ3v) is 2.21. The van der Waals surface area contributed by atoms with Crippen molar-refractivity contribution >= 4 is 22.1 Å². The van der Waals surface area contributed by atoms with Crippen LogP contribution in [0, 0.1) is 0 Å². The maximum absolute atomic E-state index is 9.71. The van der Waals surface area contributed by atoms with Crippen LogP contribution in [0.2, 0.25) is 0 Å². The third-order valence-electron chi connectivity index (χ3n) is 1.75. The normalized spacial score (nSPS) is 10.9. The van der Waals surface area contributed by atoms with Crippen molar-refractivity contribution in [2.75, 3.05) is 20.3 Å². The highest BCUT2D eigenvalue weighted by Gasteiger charge is 2.07. The Balaban J connectivity index is 3.01. The van der Waals surface area contributed by atoms with Gasteiger partial charge in [0.15, 0.2) is 11.5 Å². The average Bonchev–Trinajstić information content (AvgIpc) is 2.23. The number of phenolic OH excluding ortho intramolecular Hbond substituents is 1. The van der Waals surface area contributed by atoms with E-state index in [4.69, 9.17) is 9.84 Å². The van der Waals surface area contributed by atoms with Crippen LogP contribution >= 0.6 is 15.9 Å². The molecule has 0 unspecified atom stereocenters. The molecule has 82 valence electrons. The summed E-state index contributed by atoms with van der Waals surface area (Å²) in [4.78, 5) is 3.93. The van der Waals surface area contributed by atoms with Crippen LogP contribution in [0.3, 0.4) is 0 Å². The summed E-state index contributed by atoms with van der Waals surface area (Å²) in [6, 6.07) is 3.39. The predicted octanol–water partition coefficient (Wildman–Crippen LogP) is 1.57. The minimum Gasteiger partial charge on any atom is -0.504 e. The van der Waals surface area contributed by atoms with E-state index in [1.54, 1.807) is 12.1 Å². The number of aliphatic imine (C=N–C) groups is 1. The van der Waals surface area contributed by atoms with Crippen molar-refractivity contribution in [2.24, 2.45) is 4.99 Å². The van der Waals surface area contributed by atoms with Gasteiger partial charge in [-0.1, -0.05) is 15.9 Å². The molecule has 0 aliphatic rings. The Kier molecular flexibility index (Phi) is 4.58. The zero-order chi connectivity index (χ0) is 11.3. The molecule has 0 spiro atoms. The van der Waals surface area contributed by atoms with Gasteiger partial charge < -0.3 is 14.9 Å². The molecule has 0 bridgehead atoms. The Morgan fingerprint density at radius 2 is 2.27 bits per heavy atom. The van der Waals surface area contributed by atoms with E-state index in [0.717, 1.165) is 4.47 Å². The molecule has 0 aromatic heterocycles. The van der Waals surface area contributed by atoms with Gasteiger partial charge in [-0.05, 0) is 12.1 Å². The van der Waals surface area contributed by atoms with Crippen LogP contribution < -0.4 is 4.74 Å². The lowest BCUT2D eigenvalue weighted by Crippen LogP contribution is -1.92. The number of benzene rings is 1. The van der Waals surface area contributed by atoms with Gasteiger partial charge in [-0.2, -0.15) is 0 Å². The van der Waals surface area contributed by atoms with Crippen LogP contribution in [0.1, 0.15) is 5.56 Å². The minimum absolute atomic E-state index is 0.0115. The lowest BCUT2D eigenvalue weighted by molar-refractivity contribution is 0.307. The van der Waals surface area contributed by atoms with Gasteiger partial charge in [0.25, 0.3) is 0 Å². The number of methoxy groups -OCH3 is 1. The van der Waals surface area contributed by atoms with Crippen molar-refractivity contribution in [3.63, 3.8) is 0 Å². The maximum Gasteiger partial charge on any atom is 0.166 e. The largest absolute Gasteiger partial charge is 0.504 e. The SMILES string of the molecule is COc1cc(Br)cc(C=NCCO)c1O. The molecule has 1 aromatic carbocycles. The van der Waals surface area contributed by atoms with Gasteiger partial charge in [0, 0.05) is 16.3 Å². The molecular weight excluding hydrogens is 262 g/mol. The molecule has 0 aliphatic carbocycles. The first-order valence-electron chi connectivity index (χ1n) is 4.36. The number of hydrogen-bond donors (Lipinski definition) is 2. The zero-order valence-corrected chi connectivity index (χ0v) is 9.86. The minimum atomic E-state index is -0.0115. The van der Waals surface area contributed by atoms with Gasteiger partial charge in [0.1, 0.15) is 0 Å². The van der Waals surface area contributed by atoms with E-state index in [1.165, 1.54) is 13.3 Å². The Bertz CT molecular complexity index is 366. The Hall–Kier alpha value is -1.07. The first-order chi connectivity index (χ1) is 7.19. The fourth-order valence-electron chi connectivity index (χ4n) is 1.07. The smallest absolute Gasteiger partial charge is 0.166 e. The summed E-state index contributed by atoms with van der Waals surface area (Å²) in [7, 11) is 1.48. The molecule has 0 fully saturated rings. The summed E-state index contributed by atoms with van der Waals surface area (Å²) < 4.78 is 5.78. The molecule has 1 rings (SSSR count). The highest BCUT2D eigenvalue weighted by atomic mass is 79.9. The van der Waals surface area contributed by atoms with Crippen molar-refractivity contribution in [3.8, 4) is 11.5 Å². The molecule has 0 saturated carbocycles. The second-order valence-corrected chi connectivity index (χ2v) is 3.72. The number of nitrogens with zero attached hydrogens (tertiary/aromatic N) is 1. The number of aliphatic hydroxyl groups excluding tert-OH is 1. The fourth-order valence-corrected chi connectivity index (χ4v) is 1.52. The standard InChI is InChI=1S/C10H12BrNO3/c1-15-9-5-8(11)4-7(10(9)14)6-12-2-3-13/h4-6,13-14H,2-3H2,1H3. The average molecular weight is 274 g/mol. The van der Waals surface area contributed by atoms with Crippen LogP contribution in [-0.4, -0.2) is 36.7 Å². The van der Waals surface area contributed by atoms with Gasteiger partial charge >= 0.3 is 0 Å². The predicted molar refractivity (Wildman–Crippen MR) is 61.9 cm³/mol. The quantitative estimate of drug-likeness (QED) is 0.819. The molecular formula is C10H12BrNO3. The number of ether oxygens (including phenoxy) is 1. The lowest BCUT2D eigenvalue weighted by Gasteiger charge is -2.06. The van der Waals surface area contributed by atoms with Crippen molar-refractivity contribution in [2.45, 2.75) is 0 Å². The summed E-state index contributed by atoms with van der Waals surface area (Å²) in [6.07, 6.45) is 1.50. The molecule has 4 nitrogen and oxygen atoms in total. The molecule has 15 heavy (non-hydrogen) atoms. The zero-order valence-electron chi connectivity index (χ0n) is 8.27. The first kappa shape index (κ1) is 12.0. The van der Waals surface area contributed by atoms with E-state index in [9.17, 15) is 5.11 Å². The highest BCUT2D eigenvalue weighted by Crippen LogP contribution is 2.32. The molecule has 1 aromatic rings. The number of aliphatic hydroxyl groups is 1. The van der Waals surface area contributed by atoms with Gasteiger partial charge in [-0.3, -0.25) is 4.99 Å². The molecule has 0 saturated heterocycles. The highest BCUT2D eigenvalue weighted by molar-refractivity contribution is 9.10. The second-order valence-electron chi connectivity index (χ2n) is 2.80. The molecule has 2 N–H and O–H groups in total. The summed E-state index contributed by atoms with van der Waals surface area (Å²) in [5, 5.41) is 18.3. The molecule has 0 radical (unpaired) electrons. The van der Waals surface area contributed by atoms with Crippen molar-refractivity contribution in [1.29, 1.82) is 0 Å². The fraction of sp³-hybridized carbons (Fsp3) is 0.300. The van der Waals surface area contributed by atoms with E-state index >= 15 is 0 Å². The van der Waals surface area contributed by atoms with Crippen molar-refractivity contribution in [1.82, 2.24) is 0 Å². The molecule has 0 heterocycles. The van der Waals surface area contributed by atoms with Crippen LogP contribution in [0.25, 0.3) is 0 Å². The number of rotatable bonds is 4. The Morgan fingerprint density at radius 1 is 1.53 bits per heavy atom. The summed E-state index contributed by atoms with van der Waals surface area (Å²) in [5.74, 6) is 0.428. The first-order valence-corrected chi connectivity index (χ1v) is 5.15. The Labute approximate surface area is 96.4 Å². The third kappa shape index (κ3) is 3.21. The number of phenols is 1. The Morgan fingerprint density at radius 3 is 2.87 bits per heavy atom. The lowest BCUT2D eigenvalue weighted by atomic mass is 10.2. The van der Waals surface area contributed by atoms with Crippen LogP contribution in [0.5, 0.6) is 11.5 Å². The van der Waals surface area contributed by atoms with E-state index in [2.05, 4.69) is 20.9 Å². The topological polar surface area (TPSA) is 62.0 Å². The van der Waals surface area contributed by atoms with Gasteiger partial charge in [0.2, 0.25) is 0 Å². The number of aromatic hydroxyl groups is 1. The summed E-state index contributed by atoms with van der Waals surface area (Å²) >= 11 is 3.29. The van der Waals surface area contributed by atoms with E-state index in [-0.39, 0.29) is 12.4 Å². The molecule has 5 heteroatoms. The monoisotopic (exact) mass is 273 g/mol. The molecule has 0 atom stereocenters. The van der Waals surface area contributed by atoms with Gasteiger partial charge in [-0.25, -0.2) is 0 Å². The van der Waals surface area contributed by atoms with Crippen LogP contribution in [0.4, 0.5) is 0 Å². The number of halogens is 1. The molecule has 0 amide bonds. The van der Waals surface area contributed by atoms with Gasteiger partial charge in [0.05, 0.1) is 20.3 Å². The van der Waals surface area contributed by atoms with E-state index in [0.29, 0.717) is 17.9 Å². The van der Waals surface area contributed by atoms with Crippen molar-refractivity contribution < 1.29 is 14.9 Å². The second kappa shape index (κ2) is 5.72. The number of hydrogen-bond acceptors (Lipinski definition) is 4. The van der Waals surface area contributed by atoms with Crippen LogP contribution in [0.15, 0.2) is 21.6 Å². The van der Waals surface area contributed by atoms with E-state index in [1.807, 2.05) is 0 Å². The van der Waals surface area contributed by atoms with Crippen LogP contribution in [-0.2, 0) is 0 Å². The molecule has 0 aliphatic heterocycles. The summed E-state index contributed by atoms with van der Waals surface area (Å²) in [5.41, 5.74) is 0.551. The van der Waals surface area contributed by atoms with Gasteiger partial charge in [-0.15, -0.1) is 0 Å². The summed E-state index contributed by atoms with van der Waals surface area (Å²) in [6.45, 7) is 0.302. The van der Waals surface area contributed by atoms with E-state index < -0.39 is 0 Å². The maximum atomic E-state index is 9.71.